The second-order valence-electron chi connectivity index (χ2n) is 18.0. The second kappa shape index (κ2) is 11.9. The number of hydrogen-bond acceptors (Lipinski definition) is 1. The SMILES string of the molecule is CC1(C)c2cc(-c3ccc4c(c3)C(C)(C)c3cc(-c5ccccc5-c5ccc6c(c5)C(C)(C)c5ccccc5-6)ccc3-4)ccc2-c2ccc(-c3ccccn3)cc21. The Morgan fingerprint density at radius 3 is 1.07 bits per heavy atom. The molecule has 1 heterocycles. The zero-order chi connectivity index (χ0) is 38.8. The van der Waals surface area contributed by atoms with Crippen LogP contribution in [0.2, 0.25) is 0 Å². The van der Waals surface area contributed by atoms with E-state index in [0.717, 1.165) is 5.69 Å². The first-order valence-corrected chi connectivity index (χ1v) is 20.4. The predicted octanol–water partition coefficient (Wildman–Crippen LogP) is 14.7. The maximum absolute atomic E-state index is 4.64. The van der Waals surface area contributed by atoms with Crippen LogP contribution in [0.4, 0.5) is 0 Å². The van der Waals surface area contributed by atoms with E-state index in [9.17, 15) is 0 Å². The monoisotopic (exact) mass is 731 g/mol. The molecule has 3 aliphatic rings. The van der Waals surface area contributed by atoms with Crippen molar-refractivity contribution >= 4 is 0 Å². The molecule has 0 fully saturated rings. The van der Waals surface area contributed by atoms with E-state index in [2.05, 4.69) is 198 Å². The summed E-state index contributed by atoms with van der Waals surface area (Å²) >= 11 is 0. The van der Waals surface area contributed by atoms with E-state index in [-0.39, 0.29) is 16.2 Å². The van der Waals surface area contributed by atoms with Gasteiger partial charge >= 0.3 is 0 Å². The minimum Gasteiger partial charge on any atom is -0.256 e. The van der Waals surface area contributed by atoms with Crippen LogP contribution in [0, 0.1) is 0 Å². The van der Waals surface area contributed by atoms with Crippen LogP contribution >= 0.6 is 0 Å². The van der Waals surface area contributed by atoms with Crippen molar-refractivity contribution in [2.24, 2.45) is 0 Å². The minimum absolute atomic E-state index is 0.0371. The third kappa shape index (κ3) is 4.85. The molecule has 0 radical (unpaired) electrons. The molecule has 274 valence electrons. The van der Waals surface area contributed by atoms with E-state index in [1.165, 1.54) is 106 Å². The molecular weight excluding hydrogens is 687 g/mol. The van der Waals surface area contributed by atoms with Gasteiger partial charge in [-0.3, -0.25) is 4.98 Å². The number of aromatic nitrogens is 1. The van der Waals surface area contributed by atoms with Crippen LogP contribution in [0.15, 0.2) is 164 Å². The van der Waals surface area contributed by atoms with Crippen molar-refractivity contribution in [3.05, 3.63) is 197 Å². The van der Waals surface area contributed by atoms with E-state index < -0.39 is 0 Å². The molecule has 7 aromatic carbocycles. The summed E-state index contributed by atoms with van der Waals surface area (Å²) in [5.74, 6) is 0. The molecule has 1 heteroatoms. The molecule has 0 unspecified atom stereocenters. The predicted molar refractivity (Wildman–Crippen MR) is 239 cm³/mol. The Bertz CT molecular complexity index is 2980. The lowest BCUT2D eigenvalue weighted by Crippen LogP contribution is -2.15. The molecule has 0 saturated carbocycles. The van der Waals surface area contributed by atoms with Crippen LogP contribution in [0.3, 0.4) is 0 Å². The van der Waals surface area contributed by atoms with Gasteiger partial charge in [0, 0.05) is 28.0 Å². The Balaban J connectivity index is 0.938. The number of fused-ring (bicyclic) bond motifs is 9. The third-order valence-electron chi connectivity index (χ3n) is 13.8. The molecule has 0 amide bonds. The molecule has 0 bridgehead atoms. The fraction of sp³-hybridized carbons (Fsp3) is 0.161. The first-order valence-electron chi connectivity index (χ1n) is 20.4. The summed E-state index contributed by atoms with van der Waals surface area (Å²) in [6.07, 6.45) is 1.87. The van der Waals surface area contributed by atoms with Crippen LogP contribution < -0.4 is 0 Å². The van der Waals surface area contributed by atoms with Gasteiger partial charge in [-0.2, -0.15) is 0 Å². The average molecular weight is 732 g/mol. The lowest BCUT2D eigenvalue weighted by Gasteiger charge is -2.24. The summed E-state index contributed by atoms with van der Waals surface area (Å²) < 4.78 is 0. The van der Waals surface area contributed by atoms with E-state index >= 15 is 0 Å². The quantitative estimate of drug-likeness (QED) is 0.176. The molecular formula is C56H45N. The molecule has 3 aliphatic carbocycles. The van der Waals surface area contributed by atoms with Gasteiger partial charge in [0.15, 0.2) is 0 Å². The average Bonchev–Trinajstić information content (AvgIpc) is 3.72. The first-order chi connectivity index (χ1) is 27.5. The van der Waals surface area contributed by atoms with Gasteiger partial charge in [-0.05, 0) is 143 Å². The Morgan fingerprint density at radius 2 is 0.614 bits per heavy atom. The molecule has 1 aromatic heterocycles. The molecule has 57 heavy (non-hydrogen) atoms. The second-order valence-corrected chi connectivity index (χ2v) is 18.0. The Labute approximate surface area is 336 Å². The van der Waals surface area contributed by atoms with Crippen LogP contribution in [-0.4, -0.2) is 4.98 Å². The normalized spacial score (nSPS) is 15.6. The number of pyridine rings is 1. The van der Waals surface area contributed by atoms with E-state index in [4.69, 9.17) is 0 Å². The number of benzene rings is 7. The zero-order valence-electron chi connectivity index (χ0n) is 33.5. The summed E-state index contributed by atoms with van der Waals surface area (Å²) in [4.78, 5) is 4.64. The third-order valence-corrected chi connectivity index (χ3v) is 13.8. The van der Waals surface area contributed by atoms with Gasteiger partial charge in [0.2, 0.25) is 0 Å². The fourth-order valence-corrected chi connectivity index (χ4v) is 10.6. The van der Waals surface area contributed by atoms with Crippen LogP contribution in [0.25, 0.3) is 78.0 Å². The maximum atomic E-state index is 4.64. The van der Waals surface area contributed by atoms with Gasteiger partial charge in [0.1, 0.15) is 0 Å². The number of nitrogens with zero attached hydrogens (tertiary/aromatic N) is 1. The Kier molecular flexibility index (Phi) is 7.07. The van der Waals surface area contributed by atoms with Gasteiger partial charge in [-0.25, -0.2) is 0 Å². The highest BCUT2D eigenvalue weighted by molar-refractivity contribution is 5.92. The van der Waals surface area contributed by atoms with E-state index in [1.807, 2.05) is 12.3 Å². The van der Waals surface area contributed by atoms with Crippen LogP contribution in [-0.2, 0) is 16.2 Å². The summed E-state index contributed by atoms with van der Waals surface area (Å²) in [7, 11) is 0. The first kappa shape index (κ1) is 34.0. The van der Waals surface area contributed by atoms with E-state index in [1.54, 1.807) is 0 Å². The van der Waals surface area contributed by atoms with Gasteiger partial charge < -0.3 is 0 Å². The van der Waals surface area contributed by atoms with Gasteiger partial charge in [0.05, 0.1) is 5.69 Å². The van der Waals surface area contributed by atoms with Gasteiger partial charge in [-0.1, -0.05) is 157 Å². The van der Waals surface area contributed by atoms with Gasteiger partial charge in [-0.15, -0.1) is 0 Å². The molecule has 1 nitrogen and oxygen atoms in total. The maximum Gasteiger partial charge on any atom is 0.0702 e. The highest BCUT2D eigenvalue weighted by atomic mass is 14.7. The van der Waals surface area contributed by atoms with Crippen molar-refractivity contribution in [3.63, 3.8) is 0 Å². The largest absolute Gasteiger partial charge is 0.256 e. The summed E-state index contributed by atoms with van der Waals surface area (Å²) in [6.45, 7) is 14.3. The van der Waals surface area contributed by atoms with Crippen molar-refractivity contribution in [2.75, 3.05) is 0 Å². The molecule has 0 aliphatic heterocycles. The van der Waals surface area contributed by atoms with Crippen molar-refractivity contribution in [1.82, 2.24) is 4.98 Å². The topological polar surface area (TPSA) is 12.9 Å². The molecule has 0 N–H and O–H groups in total. The molecule has 11 rings (SSSR count). The Morgan fingerprint density at radius 1 is 0.281 bits per heavy atom. The molecule has 0 atom stereocenters. The fourth-order valence-electron chi connectivity index (χ4n) is 10.6. The zero-order valence-corrected chi connectivity index (χ0v) is 33.5. The van der Waals surface area contributed by atoms with Crippen molar-refractivity contribution in [2.45, 2.75) is 57.8 Å². The summed E-state index contributed by atoms with van der Waals surface area (Å²) in [5.41, 5.74) is 25.9. The smallest absolute Gasteiger partial charge is 0.0702 e. The lowest BCUT2D eigenvalue weighted by atomic mass is 9.79. The highest BCUT2D eigenvalue weighted by Crippen LogP contribution is 2.54. The van der Waals surface area contributed by atoms with Crippen molar-refractivity contribution in [3.8, 4) is 78.0 Å². The van der Waals surface area contributed by atoms with Crippen molar-refractivity contribution in [1.29, 1.82) is 0 Å². The van der Waals surface area contributed by atoms with Crippen LogP contribution in [0.1, 0.15) is 74.9 Å². The van der Waals surface area contributed by atoms with Gasteiger partial charge in [0.25, 0.3) is 0 Å². The highest BCUT2D eigenvalue weighted by Gasteiger charge is 2.39. The van der Waals surface area contributed by atoms with E-state index in [0.29, 0.717) is 0 Å². The lowest BCUT2D eigenvalue weighted by molar-refractivity contribution is 0.659. The summed E-state index contributed by atoms with van der Waals surface area (Å²) in [5, 5.41) is 0. The molecule has 0 spiro atoms. The number of rotatable bonds is 4. The number of hydrogen-bond donors (Lipinski definition) is 0. The standard InChI is InChI=1S/C56H45N/c1-54(2)47-16-10-9-15-41(47)42-25-20-36(31-50(42)54)39-13-7-8-14-40(39)37-21-26-45-43-23-18-34(29-48(43)55(3,4)51(45)32-37)35-19-24-44-46-27-22-38(53-17-11-12-28-57-53)33-52(46)56(5,6)49(44)30-35/h7-33H,1-6H3. The van der Waals surface area contributed by atoms with Crippen LogP contribution in [0.5, 0.6) is 0 Å². The van der Waals surface area contributed by atoms with Crippen molar-refractivity contribution < 1.29 is 0 Å². The summed E-state index contributed by atoms with van der Waals surface area (Å²) in [6, 6.07) is 59.4. The minimum atomic E-state index is -0.150. The molecule has 0 saturated heterocycles. The Hall–Kier alpha value is -6.31. The molecule has 8 aromatic rings.